The van der Waals surface area contributed by atoms with E-state index in [9.17, 15) is 0 Å². The number of hydrogen-bond acceptors (Lipinski definition) is 4. The molecule has 2 aliphatic rings. The molecule has 5 heteroatoms. The van der Waals surface area contributed by atoms with Gasteiger partial charge in [-0.25, -0.2) is 4.39 Å². The Labute approximate surface area is 209 Å². The summed E-state index contributed by atoms with van der Waals surface area (Å²) in [5.74, 6) is 1.28. The quantitative estimate of drug-likeness (QED) is 0.310. The molecule has 0 aliphatic carbocycles. The number of nitrogens with zero attached hydrogens (tertiary/aromatic N) is 1. The highest BCUT2D eigenvalue weighted by Gasteiger charge is 2.39. The molecule has 1 atom stereocenters. The van der Waals surface area contributed by atoms with E-state index >= 15 is 4.39 Å². The van der Waals surface area contributed by atoms with Crippen molar-refractivity contribution >= 4 is 6.08 Å². The van der Waals surface area contributed by atoms with Gasteiger partial charge in [0.15, 0.2) is 17.3 Å². The number of halogens is 1. The molecule has 0 saturated carbocycles. The van der Waals surface area contributed by atoms with Crippen molar-refractivity contribution < 1.29 is 18.6 Å². The number of methoxy groups -OCH3 is 2. The molecule has 1 unspecified atom stereocenters. The van der Waals surface area contributed by atoms with Crippen molar-refractivity contribution in [3.63, 3.8) is 0 Å². The first kappa shape index (κ1) is 26.4. The lowest BCUT2D eigenvalue weighted by Gasteiger charge is -2.42. The second-order valence-corrected chi connectivity index (χ2v) is 10.2. The fourth-order valence-electron chi connectivity index (χ4n) is 4.74. The van der Waals surface area contributed by atoms with Crippen LogP contribution in [0.1, 0.15) is 51.7 Å². The highest BCUT2D eigenvalue weighted by Crippen LogP contribution is 2.47. The van der Waals surface area contributed by atoms with E-state index in [4.69, 9.17) is 14.2 Å². The van der Waals surface area contributed by atoms with Gasteiger partial charge in [-0.1, -0.05) is 52.1 Å². The molecule has 0 bridgehead atoms. The van der Waals surface area contributed by atoms with E-state index in [2.05, 4.69) is 40.5 Å². The van der Waals surface area contributed by atoms with Gasteiger partial charge in [-0.05, 0) is 55.4 Å². The van der Waals surface area contributed by atoms with Gasteiger partial charge in [-0.3, -0.25) is 0 Å². The molecule has 1 aromatic carbocycles. The van der Waals surface area contributed by atoms with Crippen LogP contribution in [0.25, 0.3) is 6.08 Å². The Hall–Kier alpha value is -3.21. The molecule has 0 spiro atoms. The van der Waals surface area contributed by atoms with Crippen LogP contribution in [0.15, 0.2) is 77.6 Å². The largest absolute Gasteiger partial charge is 0.494 e. The second kappa shape index (κ2) is 10.2. The Balaban J connectivity index is 2.30. The number of hydrogen-bond donors (Lipinski definition) is 0. The zero-order valence-corrected chi connectivity index (χ0v) is 22.2. The SMILES string of the molecule is C=C1C/C(=C\c2c(C)ccc(OC)c2OC)C2=C(F)C(=C)C(C(=C)OCC)=CN2C(C(C)(C)C)C1. The average Bonchev–Trinajstić information content (AvgIpc) is 2.93. The number of ether oxygens (including phenoxy) is 3. The van der Waals surface area contributed by atoms with Crippen molar-refractivity contribution in [1.29, 1.82) is 0 Å². The minimum absolute atomic E-state index is 0.0209. The first-order chi connectivity index (χ1) is 16.4. The smallest absolute Gasteiger partial charge is 0.168 e. The Bertz CT molecular complexity index is 1150. The van der Waals surface area contributed by atoms with Crippen molar-refractivity contribution in [2.75, 3.05) is 20.8 Å². The predicted molar refractivity (Wildman–Crippen MR) is 142 cm³/mol. The molecule has 188 valence electrons. The number of allylic oxidation sites excluding steroid dienone is 3. The zero-order chi connectivity index (χ0) is 26.1. The van der Waals surface area contributed by atoms with Gasteiger partial charge in [0.25, 0.3) is 0 Å². The predicted octanol–water partition coefficient (Wildman–Crippen LogP) is 7.65. The van der Waals surface area contributed by atoms with Crippen LogP contribution in [0.4, 0.5) is 4.39 Å². The lowest BCUT2D eigenvalue weighted by Crippen LogP contribution is -2.41. The molecule has 0 aromatic heterocycles. The van der Waals surface area contributed by atoms with Crippen LogP contribution in [0.3, 0.4) is 0 Å². The highest BCUT2D eigenvalue weighted by atomic mass is 19.1. The van der Waals surface area contributed by atoms with Crippen LogP contribution in [-0.4, -0.2) is 31.8 Å². The molecule has 35 heavy (non-hydrogen) atoms. The van der Waals surface area contributed by atoms with E-state index in [0.717, 1.165) is 28.7 Å². The normalized spacial score (nSPS) is 19.9. The summed E-state index contributed by atoms with van der Waals surface area (Å²) in [5, 5.41) is 0. The molecule has 0 amide bonds. The fourth-order valence-corrected chi connectivity index (χ4v) is 4.74. The third-order valence-electron chi connectivity index (χ3n) is 6.63. The molecule has 1 fully saturated rings. The molecule has 4 nitrogen and oxygen atoms in total. The van der Waals surface area contributed by atoms with Crippen LogP contribution in [0.5, 0.6) is 11.5 Å². The minimum Gasteiger partial charge on any atom is -0.494 e. The standard InChI is InChI=1S/C30H38FNO3/c1-11-35-21(5)24-17-32-26(30(6,7)8)15-18(2)14-22(28(32)27(31)20(24)4)16-23-19(3)12-13-25(33-9)29(23)34-10/h12-13,16-17,26H,2,4-5,11,14-15H2,1,3,6-10H3/b22-16+. The summed E-state index contributed by atoms with van der Waals surface area (Å²) in [6.07, 6.45) is 5.20. The van der Waals surface area contributed by atoms with E-state index in [1.54, 1.807) is 14.2 Å². The number of rotatable bonds is 6. The third-order valence-corrected chi connectivity index (χ3v) is 6.63. The van der Waals surface area contributed by atoms with Crippen LogP contribution in [0.2, 0.25) is 0 Å². The maximum absolute atomic E-state index is 16.3. The van der Waals surface area contributed by atoms with Gasteiger partial charge in [0.1, 0.15) is 5.76 Å². The summed E-state index contributed by atoms with van der Waals surface area (Å²) >= 11 is 0. The van der Waals surface area contributed by atoms with Gasteiger partial charge in [0.05, 0.1) is 26.5 Å². The van der Waals surface area contributed by atoms with Gasteiger partial charge >= 0.3 is 0 Å². The third kappa shape index (κ3) is 5.09. The molecule has 0 radical (unpaired) electrons. The van der Waals surface area contributed by atoms with E-state index in [0.29, 0.717) is 41.6 Å². The van der Waals surface area contributed by atoms with Gasteiger partial charge in [0, 0.05) is 29.0 Å². The summed E-state index contributed by atoms with van der Waals surface area (Å²) in [6, 6.07) is 3.83. The lowest BCUT2D eigenvalue weighted by molar-refractivity contribution is 0.175. The monoisotopic (exact) mass is 479 g/mol. The Morgan fingerprint density at radius 2 is 1.89 bits per heavy atom. The summed E-state index contributed by atoms with van der Waals surface area (Å²) in [7, 11) is 3.22. The Morgan fingerprint density at radius 1 is 1.20 bits per heavy atom. The lowest BCUT2D eigenvalue weighted by atomic mass is 9.82. The average molecular weight is 480 g/mol. The van der Waals surface area contributed by atoms with E-state index in [1.165, 1.54) is 0 Å². The van der Waals surface area contributed by atoms with Crippen LogP contribution >= 0.6 is 0 Å². The maximum Gasteiger partial charge on any atom is 0.168 e. The highest BCUT2D eigenvalue weighted by molar-refractivity contribution is 5.72. The number of aryl methyl sites for hydroxylation is 1. The molecular formula is C30H38FNO3. The Kier molecular flexibility index (Phi) is 7.68. The molecular weight excluding hydrogens is 441 g/mol. The van der Waals surface area contributed by atoms with Crippen molar-refractivity contribution in [1.82, 2.24) is 4.90 Å². The fraction of sp³-hybridized carbons (Fsp3) is 0.400. The van der Waals surface area contributed by atoms with Crippen molar-refractivity contribution in [2.24, 2.45) is 5.41 Å². The summed E-state index contributed by atoms with van der Waals surface area (Å²) in [6.45, 7) is 23.3. The second-order valence-electron chi connectivity index (χ2n) is 10.2. The Morgan fingerprint density at radius 3 is 2.46 bits per heavy atom. The van der Waals surface area contributed by atoms with Crippen LogP contribution in [-0.2, 0) is 4.74 Å². The first-order valence-electron chi connectivity index (χ1n) is 11.9. The van der Waals surface area contributed by atoms with Crippen molar-refractivity contribution in [3.05, 3.63) is 88.8 Å². The van der Waals surface area contributed by atoms with Gasteiger partial charge in [0.2, 0.25) is 0 Å². The van der Waals surface area contributed by atoms with Gasteiger partial charge in [-0.2, -0.15) is 0 Å². The van der Waals surface area contributed by atoms with E-state index in [-0.39, 0.29) is 22.9 Å². The molecule has 0 N–H and O–H groups in total. The maximum atomic E-state index is 16.3. The number of fused-ring (bicyclic) bond motifs is 1. The molecule has 2 heterocycles. The molecule has 2 aliphatic heterocycles. The van der Waals surface area contributed by atoms with Crippen molar-refractivity contribution in [3.8, 4) is 11.5 Å². The van der Waals surface area contributed by atoms with Crippen LogP contribution in [0, 0.1) is 12.3 Å². The number of benzene rings is 1. The van der Waals surface area contributed by atoms with Gasteiger partial charge in [-0.15, -0.1) is 0 Å². The molecule has 1 aromatic rings. The first-order valence-corrected chi connectivity index (χ1v) is 11.9. The molecule has 1 saturated heterocycles. The summed E-state index contributed by atoms with van der Waals surface area (Å²) in [5.41, 5.74) is 4.90. The van der Waals surface area contributed by atoms with E-state index in [1.807, 2.05) is 43.2 Å². The van der Waals surface area contributed by atoms with Gasteiger partial charge < -0.3 is 19.1 Å². The minimum atomic E-state index is -0.377. The topological polar surface area (TPSA) is 30.9 Å². The van der Waals surface area contributed by atoms with Crippen LogP contribution < -0.4 is 9.47 Å². The summed E-state index contributed by atoms with van der Waals surface area (Å²) < 4.78 is 33.2. The van der Waals surface area contributed by atoms with E-state index < -0.39 is 0 Å². The zero-order valence-electron chi connectivity index (χ0n) is 22.2. The van der Waals surface area contributed by atoms with Crippen molar-refractivity contribution in [2.45, 2.75) is 53.5 Å². The summed E-state index contributed by atoms with van der Waals surface area (Å²) in [4.78, 5) is 2.04. The molecule has 3 rings (SSSR count).